The summed E-state index contributed by atoms with van der Waals surface area (Å²) in [6, 6.07) is 15.1. The zero-order valence-corrected chi connectivity index (χ0v) is 12.0. The van der Waals surface area contributed by atoms with Gasteiger partial charge in [-0.2, -0.15) is 0 Å². The molecule has 0 radical (unpaired) electrons. The van der Waals surface area contributed by atoms with Crippen LogP contribution < -0.4 is 10.6 Å². The molecule has 100 valence electrons. The molecule has 0 aliphatic carbocycles. The lowest BCUT2D eigenvalue weighted by Crippen LogP contribution is -2.19. The van der Waals surface area contributed by atoms with Gasteiger partial charge in [0.15, 0.2) is 0 Å². The standard InChI is InChI=1S/C17H22N2/c1-13-5-4-6-15(9-13)12-19(3)17-10-14(2)7-8-16(17)11-18/h4-10H,11-12,18H2,1-3H3. The van der Waals surface area contributed by atoms with Crippen LogP contribution in [-0.4, -0.2) is 7.05 Å². The second kappa shape index (κ2) is 5.89. The maximum absolute atomic E-state index is 5.83. The van der Waals surface area contributed by atoms with Crippen LogP contribution in [0.2, 0.25) is 0 Å². The molecule has 0 saturated heterocycles. The van der Waals surface area contributed by atoms with Gasteiger partial charge in [-0.3, -0.25) is 0 Å². The van der Waals surface area contributed by atoms with Gasteiger partial charge >= 0.3 is 0 Å². The zero-order valence-electron chi connectivity index (χ0n) is 12.0. The van der Waals surface area contributed by atoms with E-state index in [1.165, 1.54) is 27.9 Å². The lowest BCUT2D eigenvalue weighted by atomic mass is 10.1. The van der Waals surface area contributed by atoms with E-state index in [1.807, 2.05) is 0 Å². The predicted octanol–water partition coefficient (Wildman–Crippen LogP) is 3.40. The molecule has 19 heavy (non-hydrogen) atoms. The minimum absolute atomic E-state index is 0.577. The van der Waals surface area contributed by atoms with Crippen LogP contribution in [0.3, 0.4) is 0 Å². The average Bonchev–Trinajstić information content (AvgIpc) is 2.38. The van der Waals surface area contributed by atoms with E-state index in [1.54, 1.807) is 0 Å². The third-order valence-corrected chi connectivity index (χ3v) is 3.37. The maximum Gasteiger partial charge on any atom is 0.0426 e. The lowest BCUT2D eigenvalue weighted by Gasteiger charge is -2.23. The largest absolute Gasteiger partial charge is 0.370 e. The van der Waals surface area contributed by atoms with Crippen LogP contribution in [0.25, 0.3) is 0 Å². The minimum atomic E-state index is 0.577. The molecule has 0 aromatic heterocycles. The SMILES string of the molecule is Cc1cccc(CN(C)c2cc(C)ccc2CN)c1. The van der Waals surface area contributed by atoms with Gasteiger partial charge in [0, 0.05) is 25.8 Å². The summed E-state index contributed by atoms with van der Waals surface area (Å²) in [4.78, 5) is 2.27. The summed E-state index contributed by atoms with van der Waals surface area (Å²) in [5.74, 6) is 0. The number of aryl methyl sites for hydroxylation is 2. The number of anilines is 1. The van der Waals surface area contributed by atoms with Crippen molar-refractivity contribution in [2.24, 2.45) is 5.73 Å². The van der Waals surface area contributed by atoms with Crippen LogP contribution >= 0.6 is 0 Å². The topological polar surface area (TPSA) is 29.3 Å². The third kappa shape index (κ3) is 3.36. The van der Waals surface area contributed by atoms with Crippen LogP contribution in [0, 0.1) is 13.8 Å². The monoisotopic (exact) mass is 254 g/mol. The molecule has 0 amide bonds. The summed E-state index contributed by atoms with van der Waals surface area (Å²) < 4.78 is 0. The van der Waals surface area contributed by atoms with Gasteiger partial charge in [-0.15, -0.1) is 0 Å². The highest BCUT2D eigenvalue weighted by Gasteiger charge is 2.07. The summed E-state index contributed by atoms with van der Waals surface area (Å²) in [6.45, 7) is 5.72. The molecule has 0 aliphatic rings. The molecule has 0 heterocycles. The molecule has 0 spiro atoms. The van der Waals surface area contributed by atoms with Crippen LogP contribution in [0.1, 0.15) is 22.3 Å². The summed E-state index contributed by atoms with van der Waals surface area (Å²) in [5, 5.41) is 0. The molecule has 0 unspecified atom stereocenters. The molecule has 0 fully saturated rings. The van der Waals surface area contributed by atoms with Crippen molar-refractivity contribution < 1.29 is 0 Å². The quantitative estimate of drug-likeness (QED) is 0.906. The van der Waals surface area contributed by atoms with E-state index < -0.39 is 0 Å². The Morgan fingerprint density at radius 3 is 2.42 bits per heavy atom. The fourth-order valence-corrected chi connectivity index (χ4v) is 2.37. The van der Waals surface area contributed by atoms with E-state index >= 15 is 0 Å². The highest BCUT2D eigenvalue weighted by Crippen LogP contribution is 2.22. The fourth-order valence-electron chi connectivity index (χ4n) is 2.37. The Hall–Kier alpha value is -1.80. The van der Waals surface area contributed by atoms with Gasteiger partial charge in [-0.05, 0) is 36.6 Å². The van der Waals surface area contributed by atoms with Crippen molar-refractivity contribution in [1.29, 1.82) is 0 Å². The summed E-state index contributed by atoms with van der Waals surface area (Å²) >= 11 is 0. The molecule has 2 aromatic rings. The zero-order chi connectivity index (χ0) is 13.8. The number of hydrogen-bond donors (Lipinski definition) is 1. The Morgan fingerprint density at radius 1 is 1.00 bits per heavy atom. The minimum Gasteiger partial charge on any atom is -0.370 e. The van der Waals surface area contributed by atoms with E-state index in [0.717, 1.165) is 6.54 Å². The first-order chi connectivity index (χ1) is 9.10. The number of nitrogens with zero attached hydrogens (tertiary/aromatic N) is 1. The summed E-state index contributed by atoms with van der Waals surface area (Å²) in [6.07, 6.45) is 0. The van der Waals surface area contributed by atoms with E-state index in [0.29, 0.717) is 6.54 Å². The number of rotatable bonds is 4. The van der Waals surface area contributed by atoms with Gasteiger partial charge < -0.3 is 10.6 Å². The van der Waals surface area contributed by atoms with Crippen LogP contribution in [0.5, 0.6) is 0 Å². The Labute approximate surface area is 115 Å². The van der Waals surface area contributed by atoms with Gasteiger partial charge in [-0.25, -0.2) is 0 Å². The molecule has 2 aromatic carbocycles. The van der Waals surface area contributed by atoms with Crippen molar-refractivity contribution in [1.82, 2.24) is 0 Å². The molecule has 0 bridgehead atoms. The van der Waals surface area contributed by atoms with Crippen LogP contribution in [0.15, 0.2) is 42.5 Å². The van der Waals surface area contributed by atoms with E-state index in [4.69, 9.17) is 5.73 Å². The first-order valence-corrected chi connectivity index (χ1v) is 6.66. The normalized spacial score (nSPS) is 10.5. The molecule has 2 heteroatoms. The molecule has 0 atom stereocenters. The predicted molar refractivity (Wildman–Crippen MR) is 82.4 cm³/mol. The van der Waals surface area contributed by atoms with Crippen LogP contribution in [0.4, 0.5) is 5.69 Å². The molecular weight excluding hydrogens is 232 g/mol. The molecule has 2 nitrogen and oxygen atoms in total. The van der Waals surface area contributed by atoms with E-state index in [2.05, 4.69) is 68.3 Å². The van der Waals surface area contributed by atoms with Crippen molar-refractivity contribution in [2.75, 3.05) is 11.9 Å². The number of benzene rings is 2. The molecule has 2 N–H and O–H groups in total. The Bertz CT molecular complexity index is 561. The number of hydrogen-bond acceptors (Lipinski definition) is 2. The second-order valence-corrected chi connectivity index (χ2v) is 5.18. The highest BCUT2D eigenvalue weighted by atomic mass is 15.1. The van der Waals surface area contributed by atoms with Crippen molar-refractivity contribution in [2.45, 2.75) is 26.9 Å². The Morgan fingerprint density at radius 2 is 1.74 bits per heavy atom. The van der Waals surface area contributed by atoms with Gasteiger partial charge in [0.05, 0.1) is 0 Å². The average molecular weight is 254 g/mol. The van der Waals surface area contributed by atoms with Gasteiger partial charge in [0.25, 0.3) is 0 Å². The smallest absolute Gasteiger partial charge is 0.0426 e. The first kappa shape index (κ1) is 13.6. The molecule has 0 saturated carbocycles. The lowest BCUT2D eigenvalue weighted by molar-refractivity contribution is 0.901. The van der Waals surface area contributed by atoms with Crippen molar-refractivity contribution in [3.63, 3.8) is 0 Å². The van der Waals surface area contributed by atoms with E-state index in [9.17, 15) is 0 Å². The van der Waals surface area contributed by atoms with Crippen LogP contribution in [-0.2, 0) is 13.1 Å². The van der Waals surface area contributed by atoms with Gasteiger partial charge in [0.1, 0.15) is 0 Å². The van der Waals surface area contributed by atoms with Crippen molar-refractivity contribution in [3.05, 3.63) is 64.7 Å². The van der Waals surface area contributed by atoms with Crippen molar-refractivity contribution in [3.8, 4) is 0 Å². The molecule has 2 rings (SSSR count). The Kier molecular flexibility index (Phi) is 4.23. The van der Waals surface area contributed by atoms with Gasteiger partial charge in [-0.1, -0.05) is 42.0 Å². The molecular formula is C17H22N2. The Balaban J connectivity index is 2.24. The van der Waals surface area contributed by atoms with E-state index in [-0.39, 0.29) is 0 Å². The highest BCUT2D eigenvalue weighted by molar-refractivity contribution is 5.55. The maximum atomic E-state index is 5.83. The first-order valence-electron chi connectivity index (χ1n) is 6.66. The third-order valence-electron chi connectivity index (χ3n) is 3.37. The summed E-state index contributed by atoms with van der Waals surface area (Å²) in [7, 11) is 2.12. The summed E-state index contributed by atoms with van der Waals surface area (Å²) in [5.41, 5.74) is 12.1. The fraction of sp³-hybridized carbons (Fsp3) is 0.294. The van der Waals surface area contributed by atoms with Gasteiger partial charge in [0.2, 0.25) is 0 Å². The van der Waals surface area contributed by atoms with Crippen molar-refractivity contribution >= 4 is 5.69 Å². The molecule has 0 aliphatic heterocycles. The number of nitrogens with two attached hydrogens (primary N) is 1. The second-order valence-electron chi connectivity index (χ2n) is 5.18.